The highest BCUT2D eigenvalue weighted by Crippen LogP contribution is 2.20. The van der Waals surface area contributed by atoms with E-state index in [-0.39, 0.29) is 5.91 Å². The molecular weight excluding hydrogens is 352 g/mol. The summed E-state index contributed by atoms with van der Waals surface area (Å²) in [5.41, 5.74) is 1.70. The number of carbonyl (C=O) groups excluding carboxylic acids is 1. The summed E-state index contributed by atoms with van der Waals surface area (Å²) in [7, 11) is 0. The number of aryl methyl sites for hydroxylation is 1. The van der Waals surface area contributed by atoms with Crippen LogP contribution in [0.2, 0.25) is 0 Å². The van der Waals surface area contributed by atoms with Gasteiger partial charge in [0.1, 0.15) is 18.4 Å². The fraction of sp³-hybridized carbons (Fsp3) is 0.316. The largest absolute Gasteiger partial charge is 0.487 e. The average molecular weight is 372 g/mol. The van der Waals surface area contributed by atoms with Crippen molar-refractivity contribution in [1.29, 1.82) is 0 Å². The summed E-state index contributed by atoms with van der Waals surface area (Å²) in [6.07, 6.45) is 4.33. The molecule has 0 saturated carbocycles. The van der Waals surface area contributed by atoms with Gasteiger partial charge in [0, 0.05) is 18.0 Å². The molecule has 1 atom stereocenters. The maximum Gasteiger partial charge on any atom is 0.326 e. The Morgan fingerprint density at radius 3 is 3.04 bits per heavy atom. The van der Waals surface area contributed by atoms with E-state index in [1.54, 1.807) is 17.4 Å². The molecule has 1 saturated heterocycles. The molecule has 7 heteroatoms. The van der Waals surface area contributed by atoms with E-state index < -0.39 is 12.0 Å². The SMILES string of the molecule is Cc1nc(COc2cccc(C=CC(=O)N3CCC[C@@H]3C(=O)O)c2)cs1. The number of ether oxygens (including phenoxy) is 1. The lowest BCUT2D eigenvalue weighted by atomic mass is 10.2. The van der Waals surface area contributed by atoms with Crippen LogP contribution in [0.1, 0.15) is 29.1 Å². The fourth-order valence-corrected chi connectivity index (χ4v) is 3.49. The molecule has 0 unspecified atom stereocenters. The molecule has 2 heterocycles. The Balaban J connectivity index is 1.61. The van der Waals surface area contributed by atoms with Crippen LogP contribution in [0.3, 0.4) is 0 Å². The third-order valence-corrected chi connectivity index (χ3v) is 4.97. The molecular formula is C19H20N2O4S. The molecule has 1 aliphatic rings. The van der Waals surface area contributed by atoms with E-state index in [0.29, 0.717) is 25.3 Å². The summed E-state index contributed by atoms with van der Waals surface area (Å²) in [5, 5.41) is 12.1. The van der Waals surface area contributed by atoms with Crippen molar-refractivity contribution in [2.45, 2.75) is 32.4 Å². The van der Waals surface area contributed by atoms with E-state index in [1.165, 1.54) is 11.0 Å². The number of hydrogen-bond donors (Lipinski definition) is 1. The highest BCUT2D eigenvalue weighted by molar-refractivity contribution is 7.09. The molecule has 6 nitrogen and oxygen atoms in total. The molecule has 136 valence electrons. The van der Waals surface area contributed by atoms with Crippen molar-refractivity contribution < 1.29 is 19.4 Å². The number of hydrogen-bond acceptors (Lipinski definition) is 5. The predicted octanol–water partition coefficient (Wildman–Crippen LogP) is 3.12. The molecule has 1 aliphatic heterocycles. The summed E-state index contributed by atoms with van der Waals surface area (Å²) < 4.78 is 5.74. The smallest absolute Gasteiger partial charge is 0.326 e. The number of carboxylic acid groups (broad SMARTS) is 1. The average Bonchev–Trinajstić information content (AvgIpc) is 3.27. The van der Waals surface area contributed by atoms with Gasteiger partial charge in [-0.05, 0) is 43.5 Å². The minimum absolute atomic E-state index is 0.279. The van der Waals surface area contributed by atoms with E-state index in [2.05, 4.69) is 4.98 Å². The Hall–Kier alpha value is -2.67. The lowest BCUT2D eigenvalue weighted by Gasteiger charge is -2.19. The van der Waals surface area contributed by atoms with Crippen molar-refractivity contribution in [3.05, 3.63) is 52.0 Å². The third kappa shape index (κ3) is 4.49. The quantitative estimate of drug-likeness (QED) is 0.788. The monoisotopic (exact) mass is 372 g/mol. The molecule has 1 amide bonds. The number of likely N-dealkylation sites (tertiary alicyclic amines) is 1. The van der Waals surface area contributed by atoms with E-state index >= 15 is 0 Å². The van der Waals surface area contributed by atoms with Crippen LogP contribution in [-0.4, -0.2) is 39.5 Å². The second kappa shape index (κ2) is 8.14. The molecule has 1 fully saturated rings. The molecule has 26 heavy (non-hydrogen) atoms. The zero-order valence-corrected chi connectivity index (χ0v) is 15.2. The van der Waals surface area contributed by atoms with Gasteiger partial charge in [-0.25, -0.2) is 9.78 Å². The van der Waals surface area contributed by atoms with Gasteiger partial charge in [-0.2, -0.15) is 0 Å². The molecule has 1 N–H and O–H groups in total. The van der Waals surface area contributed by atoms with Gasteiger partial charge in [0.05, 0.1) is 10.7 Å². The molecule has 3 rings (SSSR count). The first-order chi connectivity index (χ1) is 12.5. The fourth-order valence-electron chi connectivity index (χ4n) is 2.89. The lowest BCUT2D eigenvalue weighted by molar-refractivity contribution is -0.146. The molecule has 0 aliphatic carbocycles. The summed E-state index contributed by atoms with van der Waals surface area (Å²) in [5.74, 6) is -0.536. The van der Waals surface area contributed by atoms with Crippen LogP contribution in [0.4, 0.5) is 0 Å². The summed E-state index contributed by atoms with van der Waals surface area (Å²) in [4.78, 5) is 29.2. The van der Waals surface area contributed by atoms with Crippen molar-refractivity contribution in [3.63, 3.8) is 0 Å². The Morgan fingerprint density at radius 2 is 2.31 bits per heavy atom. The van der Waals surface area contributed by atoms with Crippen LogP contribution in [0, 0.1) is 6.92 Å². The first-order valence-electron chi connectivity index (χ1n) is 8.38. The van der Waals surface area contributed by atoms with Gasteiger partial charge in [-0.1, -0.05) is 12.1 Å². The minimum Gasteiger partial charge on any atom is -0.487 e. The molecule has 0 bridgehead atoms. The first kappa shape index (κ1) is 18.1. The van der Waals surface area contributed by atoms with E-state index in [1.807, 2.05) is 36.6 Å². The van der Waals surface area contributed by atoms with E-state index in [0.717, 1.165) is 22.7 Å². The topological polar surface area (TPSA) is 79.7 Å². The Bertz CT molecular complexity index is 830. The third-order valence-electron chi connectivity index (χ3n) is 4.15. The predicted molar refractivity (Wildman–Crippen MR) is 99.0 cm³/mol. The lowest BCUT2D eigenvalue weighted by Crippen LogP contribution is -2.39. The second-order valence-corrected chi connectivity index (χ2v) is 7.14. The number of thiazole rings is 1. The van der Waals surface area contributed by atoms with Crippen molar-refractivity contribution in [2.75, 3.05) is 6.54 Å². The van der Waals surface area contributed by atoms with Crippen LogP contribution in [-0.2, 0) is 16.2 Å². The molecule has 0 radical (unpaired) electrons. The van der Waals surface area contributed by atoms with Crippen molar-refractivity contribution in [1.82, 2.24) is 9.88 Å². The Kier molecular flexibility index (Phi) is 5.68. The first-order valence-corrected chi connectivity index (χ1v) is 9.26. The number of benzene rings is 1. The van der Waals surface area contributed by atoms with Gasteiger partial charge < -0.3 is 14.7 Å². The number of aromatic nitrogens is 1. The standard InChI is InChI=1S/C19H20N2O4S/c1-13-20-15(12-26-13)11-25-16-5-2-4-14(10-16)7-8-18(22)21-9-3-6-17(21)19(23)24/h2,4-5,7-8,10,12,17H,3,6,9,11H2,1H3,(H,23,24)/t17-/m1/s1. The minimum atomic E-state index is -0.947. The van der Waals surface area contributed by atoms with E-state index in [9.17, 15) is 9.59 Å². The van der Waals surface area contributed by atoms with Crippen LogP contribution in [0.15, 0.2) is 35.7 Å². The molecule has 1 aromatic heterocycles. The Morgan fingerprint density at radius 1 is 1.46 bits per heavy atom. The van der Waals surface area contributed by atoms with Gasteiger partial charge in [-0.15, -0.1) is 11.3 Å². The van der Waals surface area contributed by atoms with Crippen LogP contribution >= 0.6 is 11.3 Å². The number of carbonyl (C=O) groups is 2. The maximum atomic E-state index is 12.3. The number of carboxylic acids is 1. The van der Waals surface area contributed by atoms with Gasteiger partial charge in [0.2, 0.25) is 5.91 Å². The molecule has 1 aromatic carbocycles. The summed E-state index contributed by atoms with van der Waals surface area (Å²) in [6.45, 7) is 2.83. The van der Waals surface area contributed by atoms with Crippen LogP contribution in [0.25, 0.3) is 6.08 Å². The zero-order valence-electron chi connectivity index (χ0n) is 14.4. The van der Waals surface area contributed by atoms with Crippen molar-refractivity contribution in [3.8, 4) is 5.75 Å². The van der Waals surface area contributed by atoms with Crippen LogP contribution in [0.5, 0.6) is 5.75 Å². The second-order valence-electron chi connectivity index (χ2n) is 6.08. The normalized spacial score (nSPS) is 17.0. The molecule has 0 spiro atoms. The number of nitrogens with zero attached hydrogens (tertiary/aromatic N) is 2. The number of aliphatic carboxylic acids is 1. The van der Waals surface area contributed by atoms with Crippen molar-refractivity contribution in [2.24, 2.45) is 0 Å². The van der Waals surface area contributed by atoms with Crippen LogP contribution < -0.4 is 4.74 Å². The summed E-state index contributed by atoms with van der Waals surface area (Å²) >= 11 is 1.58. The maximum absolute atomic E-state index is 12.3. The Labute approximate surface area is 155 Å². The molecule has 2 aromatic rings. The number of amides is 1. The van der Waals surface area contributed by atoms with E-state index in [4.69, 9.17) is 9.84 Å². The van der Waals surface area contributed by atoms with Gasteiger partial charge >= 0.3 is 5.97 Å². The summed E-state index contributed by atoms with van der Waals surface area (Å²) in [6, 6.07) is 6.67. The highest BCUT2D eigenvalue weighted by Gasteiger charge is 2.32. The van der Waals surface area contributed by atoms with Gasteiger partial charge in [-0.3, -0.25) is 4.79 Å². The number of rotatable bonds is 6. The van der Waals surface area contributed by atoms with Gasteiger partial charge in [0.25, 0.3) is 0 Å². The van der Waals surface area contributed by atoms with Gasteiger partial charge in [0.15, 0.2) is 0 Å². The highest BCUT2D eigenvalue weighted by atomic mass is 32.1. The van der Waals surface area contributed by atoms with Crippen molar-refractivity contribution >= 4 is 29.3 Å². The zero-order chi connectivity index (χ0) is 18.5.